The van der Waals surface area contributed by atoms with Gasteiger partial charge in [-0.15, -0.1) is 0 Å². The van der Waals surface area contributed by atoms with Crippen molar-refractivity contribution in [2.45, 2.75) is 19.6 Å². The molecule has 0 aliphatic carbocycles. The number of benzene rings is 2. The number of nitrogens with zero attached hydrogens (tertiary/aromatic N) is 2. The number of fused-ring (bicyclic) bond motifs is 1. The SMILES string of the molecule is C[C@@H](CNC(=O)Nc1cccc2ccccc12)Cn1ccc(C(F)(F)F)n1. The Morgan fingerprint density at radius 1 is 1.15 bits per heavy atom. The van der Waals surface area contributed by atoms with Crippen LogP contribution in [0.4, 0.5) is 23.7 Å². The second kappa shape index (κ2) is 7.69. The lowest BCUT2D eigenvalue weighted by Gasteiger charge is -2.14. The first kappa shape index (κ1) is 18.8. The molecule has 27 heavy (non-hydrogen) atoms. The summed E-state index contributed by atoms with van der Waals surface area (Å²) in [5, 5.41) is 11.0. The number of anilines is 1. The number of alkyl halides is 3. The summed E-state index contributed by atoms with van der Waals surface area (Å²) >= 11 is 0. The highest BCUT2D eigenvalue weighted by Crippen LogP contribution is 2.27. The van der Waals surface area contributed by atoms with Crippen LogP contribution in [0.15, 0.2) is 54.7 Å². The van der Waals surface area contributed by atoms with Crippen molar-refractivity contribution in [3.8, 4) is 0 Å². The van der Waals surface area contributed by atoms with Gasteiger partial charge in [0.25, 0.3) is 0 Å². The van der Waals surface area contributed by atoms with E-state index in [0.717, 1.165) is 16.8 Å². The van der Waals surface area contributed by atoms with Gasteiger partial charge in [0.2, 0.25) is 0 Å². The largest absolute Gasteiger partial charge is 0.435 e. The summed E-state index contributed by atoms with van der Waals surface area (Å²) in [6.45, 7) is 2.40. The number of amides is 2. The number of carbonyl (C=O) groups is 1. The maximum atomic E-state index is 12.6. The molecule has 3 aromatic rings. The number of halogens is 3. The van der Waals surface area contributed by atoms with Gasteiger partial charge in [-0.25, -0.2) is 4.79 Å². The third-order valence-electron chi connectivity index (χ3n) is 4.08. The van der Waals surface area contributed by atoms with Crippen LogP contribution in [-0.2, 0) is 12.7 Å². The molecule has 2 N–H and O–H groups in total. The second-order valence-electron chi connectivity index (χ2n) is 6.39. The minimum atomic E-state index is -4.45. The highest BCUT2D eigenvalue weighted by Gasteiger charge is 2.33. The topological polar surface area (TPSA) is 59.0 Å². The molecule has 8 heteroatoms. The number of aromatic nitrogens is 2. The van der Waals surface area contributed by atoms with E-state index in [9.17, 15) is 18.0 Å². The summed E-state index contributed by atoms with van der Waals surface area (Å²) in [6, 6.07) is 13.9. The monoisotopic (exact) mass is 376 g/mol. The van der Waals surface area contributed by atoms with E-state index in [-0.39, 0.29) is 18.5 Å². The third kappa shape index (κ3) is 4.78. The van der Waals surface area contributed by atoms with Crippen LogP contribution in [0.2, 0.25) is 0 Å². The average Bonchev–Trinajstić information content (AvgIpc) is 3.09. The van der Waals surface area contributed by atoms with Crippen LogP contribution in [0.5, 0.6) is 0 Å². The number of hydrogen-bond donors (Lipinski definition) is 2. The van der Waals surface area contributed by atoms with Crippen molar-refractivity contribution in [3.63, 3.8) is 0 Å². The number of nitrogens with one attached hydrogen (secondary N) is 2. The van der Waals surface area contributed by atoms with E-state index in [0.29, 0.717) is 12.2 Å². The van der Waals surface area contributed by atoms with Gasteiger partial charge >= 0.3 is 12.2 Å². The second-order valence-corrected chi connectivity index (χ2v) is 6.39. The molecule has 2 amide bonds. The van der Waals surface area contributed by atoms with Gasteiger partial charge in [0, 0.05) is 24.7 Å². The summed E-state index contributed by atoms with van der Waals surface area (Å²) in [7, 11) is 0. The van der Waals surface area contributed by atoms with E-state index < -0.39 is 11.9 Å². The molecule has 0 fully saturated rings. The molecule has 1 aromatic heterocycles. The molecule has 0 bridgehead atoms. The lowest BCUT2D eigenvalue weighted by atomic mass is 10.1. The van der Waals surface area contributed by atoms with Crippen molar-refractivity contribution in [1.82, 2.24) is 15.1 Å². The van der Waals surface area contributed by atoms with Gasteiger partial charge < -0.3 is 10.6 Å². The predicted molar refractivity (Wildman–Crippen MR) is 97.4 cm³/mol. The van der Waals surface area contributed by atoms with Crippen molar-refractivity contribution < 1.29 is 18.0 Å². The zero-order chi connectivity index (χ0) is 19.4. The molecule has 0 aliphatic rings. The van der Waals surface area contributed by atoms with Crippen molar-refractivity contribution in [2.75, 3.05) is 11.9 Å². The fourth-order valence-electron chi connectivity index (χ4n) is 2.77. The van der Waals surface area contributed by atoms with Crippen LogP contribution >= 0.6 is 0 Å². The quantitative estimate of drug-likeness (QED) is 0.688. The van der Waals surface area contributed by atoms with E-state index in [2.05, 4.69) is 15.7 Å². The number of carbonyl (C=O) groups excluding carboxylic acids is 1. The molecule has 3 rings (SSSR count). The molecular weight excluding hydrogens is 357 g/mol. The highest BCUT2D eigenvalue weighted by atomic mass is 19.4. The molecule has 0 spiro atoms. The molecule has 0 saturated heterocycles. The Bertz CT molecular complexity index is 931. The Morgan fingerprint density at radius 3 is 2.63 bits per heavy atom. The maximum absolute atomic E-state index is 12.6. The number of hydrogen-bond acceptors (Lipinski definition) is 2. The van der Waals surface area contributed by atoms with Gasteiger partial charge in [0.05, 0.1) is 5.69 Å². The minimum Gasteiger partial charge on any atom is -0.338 e. The van der Waals surface area contributed by atoms with Gasteiger partial charge in [-0.1, -0.05) is 43.3 Å². The Balaban J connectivity index is 1.53. The van der Waals surface area contributed by atoms with Gasteiger partial charge in [-0.2, -0.15) is 18.3 Å². The Labute approximate surface area is 154 Å². The predicted octanol–water partition coefficient (Wildman–Crippen LogP) is 4.51. The fourth-order valence-corrected chi connectivity index (χ4v) is 2.77. The lowest BCUT2D eigenvalue weighted by Crippen LogP contribution is -2.33. The van der Waals surface area contributed by atoms with Crippen molar-refractivity contribution in [1.29, 1.82) is 0 Å². The summed E-state index contributed by atoms with van der Waals surface area (Å²) in [5.41, 5.74) is -0.225. The first-order valence-corrected chi connectivity index (χ1v) is 8.46. The van der Waals surface area contributed by atoms with E-state index in [1.165, 1.54) is 10.9 Å². The van der Waals surface area contributed by atoms with E-state index in [1.54, 1.807) is 0 Å². The molecule has 0 aliphatic heterocycles. The zero-order valence-corrected chi connectivity index (χ0v) is 14.6. The van der Waals surface area contributed by atoms with Crippen LogP contribution in [0.3, 0.4) is 0 Å². The van der Waals surface area contributed by atoms with Crippen LogP contribution in [-0.4, -0.2) is 22.4 Å². The molecular formula is C19H19F3N4O. The normalized spacial score (nSPS) is 12.7. The molecule has 2 aromatic carbocycles. The third-order valence-corrected chi connectivity index (χ3v) is 4.08. The lowest BCUT2D eigenvalue weighted by molar-refractivity contribution is -0.141. The fraction of sp³-hybridized carbons (Fsp3) is 0.263. The van der Waals surface area contributed by atoms with Gasteiger partial charge in [0.1, 0.15) is 0 Å². The first-order chi connectivity index (χ1) is 12.8. The molecule has 142 valence electrons. The van der Waals surface area contributed by atoms with Crippen molar-refractivity contribution in [2.24, 2.45) is 5.92 Å². The van der Waals surface area contributed by atoms with Crippen molar-refractivity contribution in [3.05, 3.63) is 60.4 Å². The average molecular weight is 376 g/mol. The molecule has 1 heterocycles. The van der Waals surface area contributed by atoms with Gasteiger partial charge in [0.15, 0.2) is 5.69 Å². The number of urea groups is 1. The molecule has 1 atom stereocenters. The standard InChI is InChI=1S/C19H19F3N4O/c1-13(12-26-10-9-17(25-26)19(20,21)22)11-23-18(27)24-16-8-4-6-14-5-2-3-7-15(14)16/h2-10,13H,11-12H2,1H3,(H2,23,24,27)/t13-/m0/s1. The molecule has 0 unspecified atom stereocenters. The maximum Gasteiger partial charge on any atom is 0.435 e. The number of rotatable bonds is 5. The minimum absolute atomic E-state index is 0.0933. The van der Waals surface area contributed by atoms with Gasteiger partial charge in [-0.3, -0.25) is 4.68 Å². The zero-order valence-electron chi connectivity index (χ0n) is 14.6. The molecule has 0 radical (unpaired) electrons. The summed E-state index contributed by atoms with van der Waals surface area (Å²) in [6.07, 6.45) is -3.17. The Kier molecular flexibility index (Phi) is 5.34. The van der Waals surface area contributed by atoms with E-state index in [4.69, 9.17) is 0 Å². The summed E-state index contributed by atoms with van der Waals surface area (Å²) < 4.78 is 38.9. The Hall–Kier alpha value is -3.03. The summed E-state index contributed by atoms with van der Waals surface area (Å²) in [5.74, 6) is -0.0933. The van der Waals surface area contributed by atoms with Crippen molar-refractivity contribution >= 4 is 22.5 Å². The van der Waals surface area contributed by atoms with E-state index >= 15 is 0 Å². The summed E-state index contributed by atoms with van der Waals surface area (Å²) in [4.78, 5) is 12.2. The molecule has 0 saturated carbocycles. The van der Waals surface area contributed by atoms with E-state index in [1.807, 2.05) is 49.4 Å². The molecule has 5 nitrogen and oxygen atoms in total. The highest BCUT2D eigenvalue weighted by molar-refractivity contribution is 6.01. The van der Waals surface area contributed by atoms with Crippen LogP contribution in [0.25, 0.3) is 10.8 Å². The Morgan fingerprint density at radius 2 is 1.89 bits per heavy atom. The smallest absolute Gasteiger partial charge is 0.338 e. The van der Waals surface area contributed by atoms with Crippen LogP contribution < -0.4 is 10.6 Å². The van der Waals surface area contributed by atoms with Crippen LogP contribution in [0.1, 0.15) is 12.6 Å². The van der Waals surface area contributed by atoms with Crippen LogP contribution in [0, 0.1) is 5.92 Å². The first-order valence-electron chi connectivity index (χ1n) is 8.46. The van der Waals surface area contributed by atoms with Gasteiger partial charge in [-0.05, 0) is 23.4 Å².